The van der Waals surface area contributed by atoms with E-state index in [1.165, 1.54) is 39.2 Å². The van der Waals surface area contributed by atoms with E-state index in [-0.39, 0.29) is 0 Å². The third-order valence-corrected chi connectivity index (χ3v) is 4.34. The molecule has 0 saturated heterocycles. The van der Waals surface area contributed by atoms with Crippen molar-refractivity contribution in [3.63, 3.8) is 0 Å². The maximum Gasteiger partial charge on any atom is 0.413 e. The Hall–Kier alpha value is -2.11. The molecule has 6 nitrogen and oxygen atoms in total. The third-order valence-electron chi connectivity index (χ3n) is 4.34. The molecule has 0 spiro atoms. The fraction of sp³-hybridized carbons (Fsp3) is 0.562. The number of ether oxygens (including phenoxy) is 1. The molecular formula is C16H22N4O2. The maximum atomic E-state index is 11.6. The molecule has 0 aromatic carbocycles. The van der Waals surface area contributed by atoms with Gasteiger partial charge in [-0.3, -0.25) is 10.3 Å². The van der Waals surface area contributed by atoms with Crippen molar-refractivity contribution < 1.29 is 9.53 Å². The van der Waals surface area contributed by atoms with Crippen molar-refractivity contribution >= 4 is 23.1 Å². The first kappa shape index (κ1) is 14.8. The molecule has 1 aliphatic carbocycles. The van der Waals surface area contributed by atoms with E-state index in [2.05, 4.69) is 19.9 Å². The van der Waals surface area contributed by atoms with E-state index in [0.717, 1.165) is 23.3 Å². The lowest BCUT2D eigenvalue weighted by atomic mass is 9.89. The highest BCUT2D eigenvalue weighted by Crippen LogP contribution is 2.28. The number of carbonyl (C=O) groups is 1. The number of nitrogens with one attached hydrogen (secondary N) is 1. The lowest BCUT2D eigenvalue weighted by molar-refractivity contribution is 0.186. The summed E-state index contributed by atoms with van der Waals surface area (Å²) in [6.45, 7) is 2.84. The highest BCUT2D eigenvalue weighted by Gasteiger charge is 2.19. The average molecular weight is 302 g/mol. The fourth-order valence-corrected chi connectivity index (χ4v) is 3.18. The number of hydrogen-bond donors (Lipinski definition) is 1. The zero-order valence-electron chi connectivity index (χ0n) is 13.1. The summed E-state index contributed by atoms with van der Waals surface area (Å²) in [5.74, 6) is 1.18. The van der Waals surface area contributed by atoms with Gasteiger partial charge in [-0.15, -0.1) is 0 Å². The van der Waals surface area contributed by atoms with Gasteiger partial charge in [0.05, 0.1) is 18.8 Å². The summed E-state index contributed by atoms with van der Waals surface area (Å²) in [5.41, 5.74) is 2.76. The Kier molecular flexibility index (Phi) is 4.27. The molecule has 1 saturated carbocycles. The molecule has 0 bridgehead atoms. The number of methoxy groups -OCH3 is 1. The monoisotopic (exact) mass is 302 g/mol. The van der Waals surface area contributed by atoms with Crippen molar-refractivity contribution in [1.82, 2.24) is 14.5 Å². The summed E-state index contributed by atoms with van der Waals surface area (Å²) < 4.78 is 6.79. The zero-order chi connectivity index (χ0) is 15.5. The van der Waals surface area contributed by atoms with Crippen LogP contribution in [0.5, 0.6) is 0 Å². The van der Waals surface area contributed by atoms with Gasteiger partial charge in [0.15, 0.2) is 0 Å². The van der Waals surface area contributed by atoms with Gasteiger partial charge >= 0.3 is 6.09 Å². The van der Waals surface area contributed by atoms with Crippen molar-refractivity contribution in [3.05, 3.63) is 18.0 Å². The molecule has 3 rings (SSSR count). The Labute approximate surface area is 129 Å². The first-order chi connectivity index (χ1) is 10.7. The van der Waals surface area contributed by atoms with Gasteiger partial charge < -0.3 is 9.30 Å². The third kappa shape index (κ3) is 3.05. The number of fused-ring (bicyclic) bond motifs is 1. The Morgan fingerprint density at radius 3 is 2.91 bits per heavy atom. The van der Waals surface area contributed by atoms with E-state index in [1.807, 2.05) is 13.0 Å². The summed E-state index contributed by atoms with van der Waals surface area (Å²) in [4.78, 5) is 20.4. The van der Waals surface area contributed by atoms with Crippen LogP contribution in [0.4, 0.5) is 10.7 Å². The van der Waals surface area contributed by atoms with Crippen LogP contribution < -0.4 is 5.32 Å². The van der Waals surface area contributed by atoms with E-state index in [9.17, 15) is 4.79 Å². The van der Waals surface area contributed by atoms with Crippen LogP contribution in [0.15, 0.2) is 12.3 Å². The van der Waals surface area contributed by atoms with Crippen molar-refractivity contribution in [2.45, 2.75) is 45.6 Å². The Morgan fingerprint density at radius 1 is 1.41 bits per heavy atom. The van der Waals surface area contributed by atoms with Gasteiger partial charge in [0.25, 0.3) is 0 Å². The van der Waals surface area contributed by atoms with E-state index in [0.29, 0.717) is 11.9 Å². The highest BCUT2D eigenvalue weighted by atomic mass is 16.5. The van der Waals surface area contributed by atoms with E-state index >= 15 is 0 Å². The lowest BCUT2D eigenvalue weighted by Gasteiger charge is -2.23. The molecule has 1 N–H and O–H groups in total. The van der Waals surface area contributed by atoms with Crippen molar-refractivity contribution in [3.8, 4) is 0 Å². The fourth-order valence-electron chi connectivity index (χ4n) is 3.18. The van der Waals surface area contributed by atoms with Crippen LogP contribution in [0.1, 0.15) is 37.8 Å². The van der Waals surface area contributed by atoms with Crippen LogP contribution in [0.25, 0.3) is 11.0 Å². The van der Waals surface area contributed by atoms with Gasteiger partial charge in [0, 0.05) is 12.2 Å². The predicted molar refractivity (Wildman–Crippen MR) is 84.9 cm³/mol. The summed E-state index contributed by atoms with van der Waals surface area (Å²) in [7, 11) is 1.36. The molecule has 1 amide bonds. The number of amides is 1. The van der Waals surface area contributed by atoms with E-state index in [4.69, 9.17) is 4.74 Å². The molecule has 2 heterocycles. The predicted octanol–water partition coefficient (Wildman–Crippen LogP) is 3.50. The molecular weight excluding hydrogens is 280 g/mol. The second kappa shape index (κ2) is 6.34. The molecule has 1 fully saturated rings. The molecule has 0 aliphatic heterocycles. The van der Waals surface area contributed by atoms with E-state index < -0.39 is 6.09 Å². The number of aromatic nitrogens is 3. The molecule has 2 aromatic rings. The number of aryl methyl sites for hydroxylation is 1. The molecule has 0 unspecified atom stereocenters. The second-order valence-corrected chi connectivity index (χ2v) is 5.98. The molecule has 118 valence electrons. The minimum atomic E-state index is -0.495. The van der Waals surface area contributed by atoms with Crippen LogP contribution in [0.2, 0.25) is 0 Å². The van der Waals surface area contributed by atoms with Crippen molar-refractivity contribution in [2.75, 3.05) is 12.4 Å². The zero-order valence-corrected chi connectivity index (χ0v) is 13.1. The molecule has 0 radical (unpaired) electrons. The molecule has 6 heteroatoms. The number of rotatable bonds is 3. The number of hydrogen-bond acceptors (Lipinski definition) is 4. The van der Waals surface area contributed by atoms with Gasteiger partial charge in [-0.05, 0) is 31.7 Å². The van der Waals surface area contributed by atoms with E-state index in [1.54, 1.807) is 6.20 Å². The van der Waals surface area contributed by atoms with Gasteiger partial charge in [-0.1, -0.05) is 19.3 Å². The van der Waals surface area contributed by atoms with Crippen molar-refractivity contribution in [1.29, 1.82) is 0 Å². The number of imidazole rings is 1. The second-order valence-electron chi connectivity index (χ2n) is 5.98. The number of carbonyl (C=O) groups excluding carboxylic acids is 1. The first-order valence-electron chi connectivity index (χ1n) is 7.85. The minimum absolute atomic E-state index is 0.495. The summed E-state index contributed by atoms with van der Waals surface area (Å²) in [5, 5.41) is 2.72. The minimum Gasteiger partial charge on any atom is -0.453 e. The first-order valence-corrected chi connectivity index (χ1v) is 7.85. The Morgan fingerprint density at radius 2 is 2.18 bits per heavy atom. The Balaban J connectivity index is 1.96. The van der Waals surface area contributed by atoms with Crippen LogP contribution in [0, 0.1) is 12.8 Å². The largest absolute Gasteiger partial charge is 0.453 e. The van der Waals surface area contributed by atoms with Crippen LogP contribution in [0.3, 0.4) is 0 Å². The van der Waals surface area contributed by atoms with Gasteiger partial charge in [-0.2, -0.15) is 0 Å². The molecule has 22 heavy (non-hydrogen) atoms. The molecule has 2 aromatic heterocycles. The van der Waals surface area contributed by atoms with Gasteiger partial charge in [-0.25, -0.2) is 9.78 Å². The topological polar surface area (TPSA) is 69.0 Å². The standard InChI is InChI=1S/C16H22N4O2/c1-11-8-14-13(9-17-11)18-15(19-16(21)22-2)20(14)10-12-6-4-3-5-7-12/h8-9,12H,3-7,10H2,1-2H3,(H,18,19,21). The van der Waals surface area contributed by atoms with Crippen LogP contribution >= 0.6 is 0 Å². The summed E-state index contributed by atoms with van der Waals surface area (Å²) >= 11 is 0. The van der Waals surface area contributed by atoms with Gasteiger partial charge in [0.1, 0.15) is 5.52 Å². The summed E-state index contributed by atoms with van der Waals surface area (Å²) in [6.07, 6.45) is 7.64. The number of anilines is 1. The SMILES string of the molecule is COC(=O)Nc1nc2cnc(C)cc2n1CC1CCCCC1. The normalized spacial score (nSPS) is 15.9. The highest BCUT2D eigenvalue weighted by molar-refractivity contribution is 5.86. The van der Waals surface area contributed by atoms with Crippen molar-refractivity contribution in [2.24, 2.45) is 5.92 Å². The molecule has 0 atom stereocenters. The summed E-state index contributed by atoms with van der Waals surface area (Å²) in [6, 6.07) is 2.02. The quantitative estimate of drug-likeness (QED) is 0.942. The maximum absolute atomic E-state index is 11.6. The lowest BCUT2D eigenvalue weighted by Crippen LogP contribution is -2.19. The van der Waals surface area contributed by atoms with Gasteiger partial charge in [0.2, 0.25) is 5.95 Å². The average Bonchev–Trinajstić information content (AvgIpc) is 2.85. The molecule has 1 aliphatic rings. The van der Waals surface area contributed by atoms with Crippen LogP contribution in [-0.2, 0) is 11.3 Å². The van der Waals surface area contributed by atoms with Crippen LogP contribution in [-0.4, -0.2) is 27.7 Å². The number of pyridine rings is 1. The smallest absolute Gasteiger partial charge is 0.413 e. The Bertz CT molecular complexity index is 674. The number of nitrogens with zero attached hydrogens (tertiary/aromatic N) is 3.